The summed E-state index contributed by atoms with van der Waals surface area (Å²) in [6, 6.07) is 6.16. The molecule has 3 aromatic heterocycles. The number of pyridine rings is 2. The number of hydrogen-bond donors (Lipinski definition) is 1. The molecule has 2 fully saturated rings. The van der Waals surface area contributed by atoms with Gasteiger partial charge in [-0.2, -0.15) is 0 Å². The number of aromatic nitrogens is 3. The molecule has 0 aromatic carbocycles. The van der Waals surface area contributed by atoms with Crippen molar-refractivity contribution in [1.82, 2.24) is 14.5 Å². The van der Waals surface area contributed by atoms with E-state index in [4.69, 9.17) is 14.5 Å². The fourth-order valence-electron chi connectivity index (χ4n) is 5.34. The molecular formula is C26H32N4O3. The maximum Gasteiger partial charge on any atom is 0.222 e. The zero-order valence-electron chi connectivity index (χ0n) is 19.7. The molecule has 1 N–H and O–H groups in total. The van der Waals surface area contributed by atoms with E-state index < -0.39 is 5.60 Å². The molecule has 1 atom stereocenters. The van der Waals surface area contributed by atoms with Crippen LogP contribution in [-0.2, 0) is 19.9 Å². The minimum absolute atomic E-state index is 0.133. The third kappa shape index (κ3) is 4.15. The number of fused-ring (bicyclic) bond motifs is 1. The Morgan fingerprint density at radius 2 is 2.06 bits per heavy atom. The Kier molecular flexibility index (Phi) is 5.93. The molecule has 3 aromatic rings. The molecule has 0 radical (unpaired) electrons. The first-order chi connectivity index (χ1) is 16.0. The maximum atomic E-state index is 11.7. The first-order valence-electron chi connectivity index (χ1n) is 11.9. The predicted molar refractivity (Wildman–Crippen MR) is 128 cm³/mol. The van der Waals surface area contributed by atoms with Crippen LogP contribution in [0.2, 0.25) is 0 Å². The lowest BCUT2D eigenvalue weighted by Gasteiger charge is -2.26. The van der Waals surface area contributed by atoms with Crippen molar-refractivity contribution in [3.05, 3.63) is 47.4 Å². The summed E-state index contributed by atoms with van der Waals surface area (Å²) >= 11 is 0. The highest BCUT2D eigenvalue weighted by Crippen LogP contribution is 2.39. The van der Waals surface area contributed by atoms with Gasteiger partial charge < -0.3 is 19.4 Å². The summed E-state index contributed by atoms with van der Waals surface area (Å²) in [7, 11) is 1.73. The van der Waals surface area contributed by atoms with Gasteiger partial charge in [0.15, 0.2) is 0 Å². The van der Waals surface area contributed by atoms with E-state index in [-0.39, 0.29) is 5.91 Å². The highest BCUT2D eigenvalue weighted by molar-refractivity contribution is 5.92. The second kappa shape index (κ2) is 8.88. The summed E-state index contributed by atoms with van der Waals surface area (Å²) < 4.78 is 13.8. The summed E-state index contributed by atoms with van der Waals surface area (Å²) in [5.41, 5.74) is 3.83. The molecule has 0 spiro atoms. The number of amides is 1. The molecule has 7 nitrogen and oxygen atoms in total. The van der Waals surface area contributed by atoms with Crippen LogP contribution in [0.25, 0.3) is 16.7 Å². The van der Waals surface area contributed by atoms with Crippen LogP contribution >= 0.6 is 0 Å². The molecule has 1 saturated carbocycles. The van der Waals surface area contributed by atoms with Crippen LogP contribution in [0.1, 0.15) is 68.2 Å². The van der Waals surface area contributed by atoms with E-state index in [1.165, 1.54) is 44.6 Å². The van der Waals surface area contributed by atoms with Crippen LogP contribution < -0.4 is 5.32 Å². The lowest BCUT2D eigenvalue weighted by molar-refractivity contribution is -0.114. The number of methoxy groups -OCH3 is 1. The molecule has 4 heterocycles. The fraction of sp³-hybridized carbons (Fsp3) is 0.500. The standard InChI is InChI=1S/C26H32N4O3/c1-17-11-23(26(32-3)9-10-33-16-26)29-25(12-17)30-15-21(19-7-5-4-6-8-19)20-14-27-24(13-22(20)30)28-18(2)31/h11-15,19H,4-10,16H2,1-3H3,(H,27,28,31)/t26-/m0/s1. The van der Waals surface area contributed by atoms with Crippen molar-refractivity contribution in [2.75, 3.05) is 25.6 Å². The smallest absolute Gasteiger partial charge is 0.222 e. The summed E-state index contributed by atoms with van der Waals surface area (Å²) in [5, 5.41) is 3.96. The molecule has 1 aliphatic heterocycles. The van der Waals surface area contributed by atoms with Gasteiger partial charge in [0.05, 0.1) is 17.8 Å². The molecule has 1 amide bonds. The Morgan fingerprint density at radius 1 is 1.24 bits per heavy atom. The molecule has 33 heavy (non-hydrogen) atoms. The van der Waals surface area contributed by atoms with Gasteiger partial charge in [-0.15, -0.1) is 0 Å². The van der Waals surface area contributed by atoms with Crippen molar-refractivity contribution in [2.45, 2.75) is 63.9 Å². The highest BCUT2D eigenvalue weighted by Gasteiger charge is 2.38. The number of carbonyl (C=O) groups is 1. The van der Waals surface area contributed by atoms with E-state index >= 15 is 0 Å². The number of anilines is 1. The van der Waals surface area contributed by atoms with Crippen LogP contribution in [-0.4, -0.2) is 40.8 Å². The molecular weight excluding hydrogens is 416 g/mol. The molecule has 1 saturated heterocycles. The molecule has 2 aliphatic rings. The maximum absolute atomic E-state index is 11.7. The zero-order chi connectivity index (χ0) is 23.0. The predicted octanol–water partition coefficient (Wildman–Crippen LogP) is 5.00. The van der Waals surface area contributed by atoms with Gasteiger partial charge in [-0.1, -0.05) is 19.3 Å². The molecule has 5 rings (SSSR count). The molecule has 0 unspecified atom stereocenters. The molecule has 7 heteroatoms. The first kappa shape index (κ1) is 22.0. The van der Waals surface area contributed by atoms with Gasteiger partial charge >= 0.3 is 0 Å². The Balaban J connectivity index is 1.67. The zero-order valence-corrected chi connectivity index (χ0v) is 19.7. The molecule has 1 aliphatic carbocycles. The van der Waals surface area contributed by atoms with E-state index in [0.717, 1.165) is 34.4 Å². The van der Waals surface area contributed by atoms with Gasteiger partial charge in [0.2, 0.25) is 5.91 Å². The topological polar surface area (TPSA) is 78.3 Å². The van der Waals surface area contributed by atoms with Crippen molar-refractivity contribution in [1.29, 1.82) is 0 Å². The normalized spacial score (nSPS) is 21.5. The number of hydrogen-bond acceptors (Lipinski definition) is 5. The number of aryl methyl sites for hydroxylation is 1. The van der Waals surface area contributed by atoms with E-state index in [0.29, 0.717) is 24.9 Å². The Bertz CT molecular complexity index is 1170. The first-order valence-corrected chi connectivity index (χ1v) is 11.9. The number of carbonyl (C=O) groups excluding carboxylic acids is 1. The average Bonchev–Trinajstić information content (AvgIpc) is 3.44. The second-order valence-electron chi connectivity index (χ2n) is 9.45. The minimum atomic E-state index is -0.515. The lowest BCUT2D eigenvalue weighted by Crippen LogP contribution is -2.30. The second-order valence-corrected chi connectivity index (χ2v) is 9.45. The summed E-state index contributed by atoms with van der Waals surface area (Å²) in [6.07, 6.45) is 11.2. The van der Waals surface area contributed by atoms with Crippen molar-refractivity contribution in [2.24, 2.45) is 0 Å². The molecule has 174 valence electrons. The van der Waals surface area contributed by atoms with Crippen molar-refractivity contribution in [3.63, 3.8) is 0 Å². The Hall–Kier alpha value is -2.77. The fourth-order valence-corrected chi connectivity index (χ4v) is 5.34. The highest BCUT2D eigenvalue weighted by atomic mass is 16.5. The van der Waals surface area contributed by atoms with E-state index in [1.54, 1.807) is 7.11 Å². The SMILES string of the molecule is CO[C@@]1(c2cc(C)cc(-n3cc(C4CCCCC4)c4cnc(NC(C)=O)cc43)n2)CCOC1. The van der Waals surface area contributed by atoms with Gasteiger partial charge in [-0.3, -0.25) is 4.79 Å². The monoisotopic (exact) mass is 448 g/mol. The summed E-state index contributed by atoms with van der Waals surface area (Å²) in [5.74, 6) is 1.79. The van der Waals surface area contributed by atoms with Crippen LogP contribution in [0, 0.1) is 6.92 Å². The van der Waals surface area contributed by atoms with Crippen molar-refractivity contribution < 1.29 is 14.3 Å². The third-order valence-corrected chi connectivity index (χ3v) is 7.12. The largest absolute Gasteiger partial charge is 0.378 e. The van der Waals surface area contributed by atoms with Crippen LogP contribution in [0.4, 0.5) is 5.82 Å². The Labute approximate surface area is 194 Å². The van der Waals surface area contributed by atoms with Crippen molar-refractivity contribution >= 4 is 22.6 Å². The minimum Gasteiger partial charge on any atom is -0.378 e. The molecule has 0 bridgehead atoms. The van der Waals surface area contributed by atoms with Gasteiger partial charge in [0, 0.05) is 50.9 Å². The van der Waals surface area contributed by atoms with E-state index in [1.807, 2.05) is 12.3 Å². The number of nitrogens with zero attached hydrogens (tertiary/aromatic N) is 3. The third-order valence-electron chi connectivity index (χ3n) is 7.12. The Morgan fingerprint density at radius 3 is 2.76 bits per heavy atom. The van der Waals surface area contributed by atoms with Gasteiger partial charge in [0.1, 0.15) is 17.2 Å². The van der Waals surface area contributed by atoms with Gasteiger partial charge in [-0.25, -0.2) is 9.97 Å². The van der Waals surface area contributed by atoms with E-state index in [9.17, 15) is 4.79 Å². The van der Waals surface area contributed by atoms with Crippen LogP contribution in [0.3, 0.4) is 0 Å². The van der Waals surface area contributed by atoms with Crippen LogP contribution in [0.5, 0.6) is 0 Å². The number of rotatable bonds is 5. The lowest BCUT2D eigenvalue weighted by atomic mass is 9.84. The van der Waals surface area contributed by atoms with Gasteiger partial charge in [-0.05, 0) is 48.9 Å². The van der Waals surface area contributed by atoms with E-state index in [2.05, 4.69) is 40.1 Å². The van der Waals surface area contributed by atoms with Gasteiger partial charge in [0.25, 0.3) is 0 Å². The number of nitrogens with one attached hydrogen (secondary N) is 1. The summed E-state index contributed by atoms with van der Waals surface area (Å²) in [4.78, 5) is 21.3. The van der Waals surface area contributed by atoms with Crippen molar-refractivity contribution in [3.8, 4) is 5.82 Å². The van der Waals surface area contributed by atoms with Crippen LogP contribution in [0.15, 0.2) is 30.6 Å². The average molecular weight is 449 g/mol. The summed E-state index contributed by atoms with van der Waals surface area (Å²) in [6.45, 7) is 4.77. The number of ether oxygens (including phenoxy) is 2. The quantitative estimate of drug-likeness (QED) is 0.594.